The third-order valence-electron chi connectivity index (χ3n) is 6.32. The average molecular weight is 293 g/mol. The Kier molecular flexibility index (Phi) is 4.58. The molecule has 4 fully saturated rings. The lowest BCUT2D eigenvalue weighted by Gasteiger charge is -2.59. The van der Waals surface area contributed by atoms with Crippen LogP contribution in [-0.2, 0) is 9.53 Å². The number of carbonyl (C=O) groups is 1. The molecule has 0 aromatic carbocycles. The maximum absolute atomic E-state index is 11.4. The summed E-state index contributed by atoms with van der Waals surface area (Å²) in [5.41, 5.74) is 0.568. The minimum absolute atomic E-state index is 0.0539. The molecule has 120 valence electrons. The van der Waals surface area contributed by atoms with E-state index in [1.165, 1.54) is 38.5 Å². The summed E-state index contributed by atoms with van der Waals surface area (Å²) in [6.07, 6.45) is 10.3. The topological polar surface area (TPSA) is 38.3 Å². The van der Waals surface area contributed by atoms with Crippen molar-refractivity contribution in [3.05, 3.63) is 0 Å². The first kappa shape index (κ1) is 15.3. The SMILES string of the molecule is CCOC(=O)CCCNC(C)C12CC3CC(CC(C3)C1)C2. The van der Waals surface area contributed by atoms with Gasteiger partial charge in [0.2, 0.25) is 0 Å². The molecular formula is C18H31NO2. The van der Waals surface area contributed by atoms with Crippen molar-refractivity contribution in [1.82, 2.24) is 5.32 Å². The van der Waals surface area contributed by atoms with E-state index >= 15 is 0 Å². The fourth-order valence-electron chi connectivity index (χ4n) is 5.71. The lowest BCUT2D eigenvalue weighted by Crippen LogP contribution is -2.55. The maximum atomic E-state index is 11.4. The fourth-order valence-corrected chi connectivity index (χ4v) is 5.71. The first-order chi connectivity index (χ1) is 10.1. The Morgan fingerprint density at radius 3 is 2.29 bits per heavy atom. The van der Waals surface area contributed by atoms with E-state index < -0.39 is 0 Å². The van der Waals surface area contributed by atoms with Gasteiger partial charge in [0, 0.05) is 12.5 Å². The van der Waals surface area contributed by atoms with Crippen LogP contribution in [0, 0.1) is 23.2 Å². The number of hydrogen-bond donors (Lipinski definition) is 1. The van der Waals surface area contributed by atoms with Gasteiger partial charge in [-0.1, -0.05) is 0 Å². The quantitative estimate of drug-likeness (QED) is 0.576. The normalized spacial score (nSPS) is 38.5. The van der Waals surface area contributed by atoms with E-state index in [0.717, 1.165) is 30.7 Å². The predicted molar refractivity (Wildman–Crippen MR) is 83.9 cm³/mol. The molecule has 0 saturated heterocycles. The van der Waals surface area contributed by atoms with Gasteiger partial charge in [-0.2, -0.15) is 0 Å². The second-order valence-corrected chi connectivity index (χ2v) is 7.86. The van der Waals surface area contributed by atoms with Crippen molar-refractivity contribution in [2.45, 2.75) is 71.3 Å². The zero-order valence-electron chi connectivity index (χ0n) is 13.7. The monoisotopic (exact) mass is 293 g/mol. The van der Waals surface area contributed by atoms with Crippen LogP contribution in [0.4, 0.5) is 0 Å². The van der Waals surface area contributed by atoms with Gasteiger partial charge in [-0.3, -0.25) is 4.79 Å². The minimum Gasteiger partial charge on any atom is -0.466 e. The molecule has 4 bridgehead atoms. The molecule has 4 rings (SSSR count). The van der Waals surface area contributed by atoms with Crippen LogP contribution in [0.15, 0.2) is 0 Å². The second kappa shape index (κ2) is 6.28. The summed E-state index contributed by atoms with van der Waals surface area (Å²) in [5.74, 6) is 2.99. The largest absolute Gasteiger partial charge is 0.466 e. The van der Waals surface area contributed by atoms with Crippen molar-refractivity contribution in [3.63, 3.8) is 0 Å². The highest BCUT2D eigenvalue weighted by atomic mass is 16.5. The van der Waals surface area contributed by atoms with Gasteiger partial charge in [0.25, 0.3) is 0 Å². The van der Waals surface area contributed by atoms with E-state index in [0.29, 0.717) is 24.5 Å². The third-order valence-corrected chi connectivity index (χ3v) is 6.32. The lowest BCUT2D eigenvalue weighted by atomic mass is 9.48. The molecular weight excluding hydrogens is 262 g/mol. The van der Waals surface area contributed by atoms with Crippen molar-refractivity contribution >= 4 is 5.97 Å². The Bertz CT molecular complexity index is 344. The van der Waals surface area contributed by atoms with Gasteiger partial charge in [0.05, 0.1) is 6.61 Å². The van der Waals surface area contributed by atoms with E-state index in [9.17, 15) is 4.79 Å². The van der Waals surface area contributed by atoms with Crippen molar-refractivity contribution in [3.8, 4) is 0 Å². The van der Waals surface area contributed by atoms with Crippen molar-refractivity contribution in [2.24, 2.45) is 23.2 Å². The van der Waals surface area contributed by atoms with Crippen LogP contribution in [0.1, 0.15) is 65.2 Å². The number of hydrogen-bond acceptors (Lipinski definition) is 3. The summed E-state index contributed by atoms with van der Waals surface area (Å²) in [6, 6.07) is 0.605. The fraction of sp³-hybridized carbons (Fsp3) is 0.944. The van der Waals surface area contributed by atoms with Crippen molar-refractivity contribution in [2.75, 3.05) is 13.2 Å². The molecule has 0 heterocycles. The molecule has 1 atom stereocenters. The van der Waals surface area contributed by atoms with Gasteiger partial charge in [-0.05, 0) is 88.5 Å². The number of nitrogens with one attached hydrogen (secondary N) is 1. The third kappa shape index (κ3) is 3.28. The van der Waals surface area contributed by atoms with Crippen LogP contribution < -0.4 is 5.32 Å². The molecule has 4 aliphatic rings. The molecule has 4 saturated carbocycles. The summed E-state index contributed by atoms with van der Waals surface area (Å²) in [6.45, 7) is 5.69. The minimum atomic E-state index is -0.0539. The molecule has 21 heavy (non-hydrogen) atoms. The highest BCUT2D eigenvalue weighted by Gasteiger charge is 2.52. The zero-order chi connectivity index (χ0) is 14.9. The molecule has 1 unspecified atom stereocenters. The molecule has 0 aromatic heterocycles. The van der Waals surface area contributed by atoms with Gasteiger partial charge in [-0.25, -0.2) is 0 Å². The number of carbonyl (C=O) groups excluding carboxylic acids is 1. The first-order valence-electron chi connectivity index (χ1n) is 9.00. The average Bonchev–Trinajstić information content (AvgIpc) is 2.42. The number of ether oxygens (including phenoxy) is 1. The maximum Gasteiger partial charge on any atom is 0.305 e. The molecule has 4 aliphatic carbocycles. The smallest absolute Gasteiger partial charge is 0.305 e. The van der Waals surface area contributed by atoms with E-state index in [-0.39, 0.29) is 5.97 Å². The van der Waals surface area contributed by atoms with Gasteiger partial charge >= 0.3 is 5.97 Å². The van der Waals surface area contributed by atoms with E-state index in [4.69, 9.17) is 4.74 Å². The number of esters is 1. The standard InChI is InChI=1S/C18H31NO2/c1-3-21-17(20)5-4-6-19-13(2)18-10-14-7-15(11-18)9-16(8-14)12-18/h13-16,19H,3-12H2,1-2H3. The van der Waals surface area contributed by atoms with Gasteiger partial charge < -0.3 is 10.1 Å². The first-order valence-corrected chi connectivity index (χ1v) is 9.00. The van der Waals surface area contributed by atoms with Gasteiger partial charge in [0.1, 0.15) is 0 Å². The van der Waals surface area contributed by atoms with Gasteiger partial charge in [0.15, 0.2) is 0 Å². The lowest BCUT2D eigenvalue weighted by molar-refractivity contribution is -0.143. The molecule has 0 spiro atoms. The second-order valence-electron chi connectivity index (χ2n) is 7.86. The Morgan fingerprint density at radius 1 is 1.19 bits per heavy atom. The van der Waals surface area contributed by atoms with E-state index in [1.807, 2.05) is 6.92 Å². The molecule has 0 radical (unpaired) electrons. The molecule has 1 N–H and O–H groups in total. The summed E-state index contributed by atoms with van der Waals surface area (Å²) in [4.78, 5) is 11.4. The van der Waals surface area contributed by atoms with Gasteiger partial charge in [-0.15, -0.1) is 0 Å². The Morgan fingerprint density at radius 2 is 1.76 bits per heavy atom. The highest BCUT2D eigenvalue weighted by molar-refractivity contribution is 5.69. The van der Waals surface area contributed by atoms with E-state index in [1.54, 1.807) is 0 Å². The molecule has 0 amide bonds. The van der Waals surface area contributed by atoms with Crippen LogP contribution in [0.5, 0.6) is 0 Å². The van der Waals surface area contributed by atoms with Crippen LogP contribution in [0.25, 0.3) is 0 Å². The highest BCUT2D eigenvalue weighted by Crippen LogP contribution is 2.61. The predicted octanol–water partition coefficient (Wildman–Crippen LogP) is 3.52. The summed E-state index contributed by atoms with van der Waals surface area (Å²) < 4.78 is 4.98. The Labute approximate surface area is 129 Å². The van der Waals surface area contributed by atoms with E-state index in [2.05, 4.69) is 12.2 Å². The molecule has 0 aliphatic heterocycles. The van der Waals surface area contributed by atoms with Crippen molar-refractivity contribution < 1.29 is 9.53 Å². The Hall–Kier alpha value is -0.570. The molecule has 0 aromatic rings. The molecule has 3 nitrogen and oxygen atoms in total. The van der Waals surface area contributed by atoms with Crippen LogP contribution in [-0.4, -0.2) is 25.2 Å². The van der Waals surface area contributed by atoms with Crippen molar-refractivity contribution in [1.29, 1.82) is 0 Å². The van der Waals surface area contributed by atoms with Crippen LogP contribution in [0.3, 0.4) is 0 Å². The zero-order valence-corrected chi connectivity index (χ0v) is 13.7. The number of rotatable bonds is 7. The summed E-state index contributed by atoms with van der Waals surface area (Å²) in [5, 5.41) is 3.73. The summed E-state index contributed by atoms with van der Waals surface area (Å²) in [7, 11) is 0. The molecule has 3 heteroatoms. The summed E-state index contributed by atoms with van der Waals surface area (Å²) >= 11 is 0. The van der Waals surface area contributed by atoms with Crippen LogP contribution >= 0.6 is 0 Å². The Balaban J connectivity index is 1.45. The van der Waals surface area contributed by atoms with Crippen LogP contribution in [0.2, 0.25) is 0 Å².